The summed E-state index contributed by atoms with van der Waals surface area (Å²) in [6.45, 7) is 2.38. The molecule has 1 N–H and O–H groups in total. The van der Waals surface area contributed by atoms with Crippen LogP contribution in [-0.2, 0) is 19.1 Å². The summed E-state index contributed by atoms with van der Waals surface area (Å²) >= 11 is 0. The second-order valence-corrected chi connectivity index (χ2v) is 4.72. The molecule has 0 unspecified atom stereocenters. The predicted octanol–water partition coefficient (Wildman–Crippen LogP) is 1.28. The zero-order chi connectivity index (χ0) is 13.5. The predicted molar refractivity (Wildman–Crippen MR) is 64.7 cm³/mol. The summed E-state index contributed by atoms with van der Waals surface area (Å²) < 4.78 is 9.84. The molecule has 104 valence electrons. The fourth-order valence-electron chi connectivity index (χ4n) is 2.27. The van der Waals surface area contributed by atoms with Gasteiger partial charge in [-0.3, -0.25) is 9.59 Å². The Balaban J connectivity index is 2.60. The molecule has 5 nitrogen and oxygen atoms in total. The van der Waals surface area contributed by atoms with Gasteiger partial charge in [-0.15, -0.1) is 0 Å². The minimum absolute atomic E-state index is 0.282. The number of esters is 2. The number of rotatable bonds is 5. The molecule has 0 saturated heterocycles. The van der Waals surface area contributed by atoms with Crippen molar-refractivity contribution in [3.8, 4) is 0 Å². The number of unbranched alkanes of at least 4 members (excludes halogenated alkanes) is 1. The van der Waals surface area contributed by atoms with E-state index in [2.05, 4.69) is 0 Å². The molecule has 0 bridgehead atoms. The fraction of sp³-hybridized carbons (Fsp3) is 0.846. The van der Waals surface area contributed by atoms with Crippen molar-refractivity contribution in [2.24, 2.45) is 11.8 Å². The van der Waals surface area contributed by atoms with Crippen LogP contribution in [0.3, 0.4) is 0 Å². The standard InChI is InChI=1S/C13H22O5/c1-3-4-7-18-13(16)11-8-9(14)5-6-10(11)12(15)17-2/h9-11,14H,3-8H2,1-2H3/t9-,10-,11-/m1/s1. The Morgan fingerprint density at radius 2 is 1.94 bits per heavy atom. The van der Waals surface area contributed by atoms with E-state index in [1.807, 2.05) is 6.92 Å². The highest BCUT2D eigenvalue weighted by Gasteiger charge is 2.40. The fourth-order valence-corrected chi connectivity index (χ4v) is 2.27. The van der Waals surface area contributed by atoms with E-state index in [1.54, 1.807) is 0 Å². The average molecular weight is 258 g/mol. The van der Waals surface area contributed by atoms with Crippen molar-refractivity contribution in [3.05, 3.63) is 0 Å². The smallest absolute Gasteiger partial charge is 0.309 e. The summed E-state index contributed by atoms with van der Waals surface area (Å²) in [4.78, 5) is 23.5. The lowest BCUT2D eigenvalue weighted by atomic mass is 9.78. The number of hydrogen-bond donors (Lipinski definition) is 1. The first-order valence-electron chi connectivity index (χ1n) is 6.52. The van der Waals surface area contributed by atoms with Crippen molar-refractivity contribution in [1.29, 1.82) is 0 Å². The Bertz CT molecular complexity index is 289. The van der Waals surface area contributed by atoms with Crippen molar-refractivity contribution >= 4 is 11.9 Å². The van der Waals surface area contributed by atoms with Crippen molar-refractivity contribution in [2.75, 3.05) is 13.7 Å². The minimum atomic E-state index is -0.571. The molecule has 1 fully saturated rings. The first kappa shape index (κ1) is 15.0. The second kappa shape index (κ2) is 7.36. The molecule has 1 rings (SSSR count). The molecule has 0 aromatic carbocycles. The van der Waals surface area contributed by atoms with Gasteiger partial charge in [-0.05, 0) is 25.7 Å². The Morgan fingerprint density at radius 3 is 2.56 bits per heavy atom. The topological polar surface area (TPSA) is 72.8 Å². The highest BCUT2D eigenvalue weighted by atomic mass is 16.5. The molecular formula is C13H22O5. The number of methoxy groups -OCH3 is 1. The molecule has 1 saturated carbocycles. The highest BCUT2D eigenvalue weighted by molar-refractivity contribution is 5.82. The molecule has 1 aliphatic carbocycles. The summed E-state index contributed by atoms with van der Waals surface area (Å²) in [5.74, 6) is -1.83. The van der Waals surface area contributed by atoms with Gasteiger partial charge in [0.2, 0.25) is 0 Å². The molecule has 0 aromatic rings. The van der Waals surface area contributed by atoms with Gasteiger partial charge in [-0.25, -0.2) is 0 Å². The minimum Gasteiger partial charge on any atom is -0.469 e. The Morgan fingerprint density at radius 1 is 1.22 bits per heavy atom. The number of carbonyl (C=O) groups is 2. The van der Waals surface area contributed by atoms with Gasteiger partial charge in [0.15, 0.2) is 0 Å². The van der Waals surface area contributed by atoms with Crippen LogP contribution in [0.1, 0.15) is 39.0 Å². The third-order valence-corrected chi connectivity index (χ3v) is 3.37. The van der Waals surface area contributed by atoms with Gasteiger partial charge >= 0.3 is 11.9 Å². The lowest BCUT2D eigenvalue weighted by Gasteiger charge is -2.30. The van der Waals surface area contributed by atoms with Gasteiger partial charge in [0, 0.05) is 0 Å². The van der Waals surface area contributed by atoms with E-state index < -0.39 is 23.9 Å². The maximum Gasteiger partial charge on any atom is 0.309 e. The third-order valence-electron chi connectivity index (χ3n) is 3.37. The molecule has 0 heterocycles. The van der Waals surface area contributed by atoms with Crippen LogP contribution < -0.4 is 0 Å². The van der Waals surface area contributed by atoms with Gasteiger partial charge in [-0.1, -0.05) is 13.3 Å². The molecule has 3 atom stereocenters. The summed E-state index contributed by atoms with van der Waals surface area (Å²) in [5.41, 5.74) is 0. The summed E-state index contributed by atoms with van der Waals surface area (Å²) in [5, 5.41) is 9.61. The molecule has 0 aliphatic heterocycles. The largest absolute Gasteiger partial charge is 0.469 e. The Hall–Kier alpha value is -1.10. The number of carbonyl (C=O) groups excluding carboxylic acids is 2. The van der Waals surface area contributed by atoms with Crippen LogP contribution >= 0.6 is 0 Å². The van der Waals surface area contributed by atoms with Crippen LogP contribution in [-0.4, -0.2) is 36.9 Å². The van der Waals surface area contributed by atoms with Gasteiger partial charge in [0.1, 0.15) is 0 Å². The van der Waals surface area contributed by atoms with Crippen molar-refractivity contribution in [3.63, 3.8) is 0 Å². The molecule has 1 aliphatic rings. The van der Waals surface area contributed by atoms with E-state index in [1.165, 1.54) is 7.11 Å². The monoisotopic (exact) mass is 258 g/mol. The van der Waals surface area contributed by atoms with Gasteiger partial charge in [-0.2, -0.15) is 0 Å². The average Bonchev–Trinajstić information content (AvgIpc) is 2.38. The van der Waals surface area contributed by atoms with Crippen LogP contribution in [0.2, 0.25) is 0 Å². The molecule has 0 radical (unpaired) electrons. The summed E-state index contributed by atoms with van der Waals surface area (Å²) in [6, 6.07) is 0. The van der Waals surface area contributed by atoms with Crippen LogP contribution in [0.5, 0.6) is 0 Å². The summed E-state index contributed by atoms with van der Waals surface area (Å²) in [7, 11) is 1.31. The van der Waals surface area contributed by atoms with Gasteiger partial charge in [0.05, 0.1) is 31.7 Å². The first-order valence-corrected chi connectivity index (χ1v) is 6.52. The number of hydrogen-bond acceptors (Lipinski definition) is 5. The lowest BCUT2D eigenvalue weighted by Crippen LogP contribution is -2.39. The molecule has 18 heavy (non-hydrogen) atoms. The van der Waals surface area contributed by atoms with Crippen LogP contribution in [0.4, 0.5) is 0 Å². The maximum atomic E-state index is 11.9. The van der Waals surface area contributed by atoms with Crippen molar-refractivity contribution in [1.82, 2.24) is 0 Å². The molecule has 0 spiro atoms. The van der Waals surface area contributed by atoms with E-state index in [4.69, 9.17) is 9.47 Å². The van der Waals surface area contributed by atoms with E-state index in [0.29, 0.717) is 19.4 Å². The highest BCUT2D eigenvalue weighted by Crippen LogP contribution is 2.32. The Kier molecular flexibility index (Phi) is 6.12. The summed E-state index contributed by atoms with van der Waals surface area (Å²) in [6.07, 6.45) is 2.50. The molecule has 0 aromatic heterocycles. The normalized spacial score (nSPS) is 27.6. The van der Waals surface area contributed by atoms with Crippen molar-refractivity contribution in [2.45, 2.75) is 45.1 Å². The zero-order valence-electron chi connectivity index (χ0n) is 11.1. The molecular weight excluding hydrogens is 236 g/mol. The number of aliphatic hydroxyl groups excluding tert-OH is 1. The maximum absolute atomic E-state index is 11.9. The SMILES string of the molecule is CCCCOC(=O)[C@@H]1C[C@H](O)CC[C@H]1C(=O)OC. The number of ether oxygens (including phenoxy) is 2. The van der Waals surface area contributed by atoms with E-state index >= 15 is 0 Å². The van der Waals surface area contributed by atoms with Crippen molar-refractivity contribution < 1.29 is 24.2 Å². The van der Waals surface area contributed by atoms with E-state index in [9.17, 15) is 14.7 Å². The first-order chi connectivity index (χ1) is 8.60. The van der Waals surface area contributed by atoms with Crippen LogP contribution in [0.25, 0.3) is 0 Å². The molecule has 0 amide bonds. The van der Waals surface area contributed by atoms with Gasteiger partial charge in [0.25, 0.3) is 0 Å². The van der Waals surface area contributed by atoms with E-state index in [-0.39, 0.29) is 12.4 Å². The Labute approximate surface area is 107 Å². The van der Waals surface area contributed by atoms with Crippen LogP contribution in [0, 0.1) is 11.8 Å². The quantitative estimate of drug-likeness (QED) is 0.594. The molecule has 5 heteroatoms. The van der Waals surface area contributed by atoms with Gasteiger partial charge < -0.3 is 14.6 Å². The third kappa shape index (κ3) is 3.98. The lowest BCUT2D eigenvalue weighted by molar-refractivity contribution is -0.163. The number of aliphatic hydroxyl groups is 1. The second-order valence-electron chi connectivity index (χ2n) is 4.72. The zero-order valence-corrected chi connectivity index (χ0v) is 11.1. The van der Waals surface area contributed by atoms with Crippen LogP contribution in [0.15, 0.2) is 0 Å². The van der Waals surface area contributed by atoms with E-state index in [0.717, 1.165) is 12.8 Å².